The first-order valence-electron chi connectivity index (χ1n) is 6.88. The maximum Gasteiger partial charge on any atom is 0.196 e. The molecule has 0 saturated heterocycles. The van der Waals surface area contributed by atoms with Gasteiger partial charge in [0.25, 0.3) is 0 Å². The van der Waals surface area contributed by atoms with Gasteiger partial charge in [0.2, 0.25) is 0 Å². The molecule has 0 aliphatic heterocycles. The molecule has 0 radical (unpaired) electrons. The highest BCUT2D eigenvalue weighted by atomic mass is 19.1. The maximum atomic E-state index is 14.1. The number of hydrogen-bond donors (Lipinski definition) is 1. The number of anilines is 1. The highest BCUT2D eigenvalue weighted by molar-refractivity contribution is 6.16. The van der Waals surface area contributed by atoms with Gasteiger partial charge in [0.15, 0.2) is 11.6 Å². The molecular weight excluding hydrogens is 283 g/mol. The van der Waals surface area contributed by atoms with Crippen LogP contribution < -0.4 is 5.73 Å². The standard InChI is InChI=1S/C16H15FN4O/c1-9(2)21-8-13(12-6-20-7-14(17)15(12)21)16(22)10-3-11(18)5-19-4-10/h3-9H,18H2,1-2H3. The molecule has 0 aliphatic carbocycles. The number of aromatic nitrogens is 3. The molecule has 0 spiro atoms. The average Bonchev–Trinajstić information content (AvgIpc) is 2.88. The average molecular weight is 298 g/mol. The van der Waals surface area contributed by atoms with Gasteiger partial charge in [-0.3, -0.25) is 14.8 Å². The zero-order valence-electron chi connectivity index (χ0n) is 12.2. The zero-order chi connectivity index (χ0) is 15.9. The van der Waals surface area contributed by atoms with Crippen molar-refractivity contribution in [1.82, 2.24) is 14.5 Å². The summed E-state index contributed by atoms with van der Waals surface area (Å²) in [7, 11) is 0. The van der Waals surface area contributed by atoms with Crippen molar-refractivity contribution in [3.05, 3.63) is 54.0 Å². The van der Waals surface area contributed by atoms with Crippen molar-refractivity contribution in [3.8, 4) is 0 Å². The van der Waals surface area contributed by atoms with Crippen LogP contribution in [-0.4, -0.2) is 20.3 Å². The van der Waals surface area contributed by atoms with E-state index in [2.05, 4.69) is 9.97 Å². The molecule has 0 aliphatic rings. The molecule has 3 rings (SSSR count). The summed E-state index contributed by atoms with van der Waals surface area (Å²) in [6.45, 7) is 3.85. The Bertz CT molecular complexity index is 870. The Morgan fingerprint density at radius 3 is 2.64 bits per heavy atom. The molecule has 0 aromatic carbocycles. The van der Waals surface area contributed by atoms with Crippen LogP contribution in [0.3, 0.4) is 0 Å². The third kappa shape index (κ3) is 2.22. The van der Waals surface area contributed by atoms with E-state index >= 15 is 0 Å². The molecule has 3 heterocycles. The van der Waals surface area contributed by atoms with Crippen molar-refractivity contribution in [2.75, 3.05) is 5.73 Å². The predicted molar refractivity (Wildman–Crippen MR) is 82.2 cm³/mol. The van der Waals surface area contributed by atoms with E-state index in [1.165, 1.54) is 18.6 Å². The number of ketones is 1. The van der Waals surface area contributed by atoms with Gasteiger partial charge >= 0.3 is 0 Å². The number of fused-ring (bicyclic) bond motifs is 1. The summed E-state index contributed by atoms with van der Waals surface area (Å²) >= 11 is 0. The van der Waals surface area contributed by atoms with Crippen LogP contribution in [0.1, 0.15) is 35.8 Å². The Morgan fingerprint density at radius 1 is 1.23 bits per heavy atom. The number of nitrogen functional groups attached to an aromatic ring is 1. The van der Waals surface area contributed by atoms with E-state index < -0.39 is 5.82 Å². The number of nitrogens with zero attached hydrogens (tertiary/aromatic N) is 3. The van der Waals surface area contributed by atoms with E-state index in [1.807, 2.05) is 13.8 Å². The summed E-state index contributed by atoms with van der Waals surface area (Å²) in [4.78, 5) is 20.5. The predicted octanol–water partition coefficient (Wildman–Crippen LogP) is 2.96. The first-order chi connectivity index (χ1) is 10.5. The van der Waals surface area contributed by atoms with Crippen LogP contribution >= 0.6 is 0 Å². The van der Waals surface area contributed by atoms with Crippen LogP contribution in [0.5, 0.6) is 0 Å². The minimum absolute atomic E-state index is 0.0138. The monoisotopic (exact) mass is 298 g/mol. The van der Waals surface area contributed by atoms with Crippen LogP contribution in [0.15, 0.2) is 37.1 Å². The van der Waals surface area contributed by atoms with Crippen LogP contribution in [-0.2, 0) is 0 Å². The summed E-state index contributed by atoms with van der Waals surface area (Å²) in [6, 6.07) is 1.57. The minimum Gasteiger partial charge on any atom is -0.397 e. The Balaban J connectivity index is 2.23. The second-order valence-electron chi connectivity index (χ2n) is 5.40. The molecule has 3 aromatic rings. The first-order valence-corrected chi connectivity index (χ1v) is 6.88. The number of hydrogen-bond acceptors (Lipinski definition) is 4. The summed E-state index contributed by atoms with van der Waals surface area (Å²) in [5.41, 5.74) is 7.22. The van der Waals surface area contributed by atoms with Gasteiger partial charge in [-0.1, -0.05) is 0 Å². The van der Waals surface area contributed by atoms with E-state index in [1.54, 1.807) is 16.8 Å². The van der Waals surface area contributed by atoms with Crippen molar-refractivity contribution in [1.29, 1.82) is 0 Å². The van der Waals surface area contributed by atoms with Crippen LogP contribution in [0.25, 0.3) is 10.9 Å². The molecule has 22 heavy (non-hydrogen) atoms. The summed E-state index contributed by atoms with van der Waals surface area (Å²) < 4.78 is 15.9. The normalized spacial score (nSPS) is 11.3. The topological polar surface area (TPSA) is 73.8 Å². The molecule has 3 aromatic heterocycles. The molecule has 0 amide bonds. The van der Waals surface area contributed by atoms with Gasteiger partial charge in [-0.05, 0) is 19.9 Å². The number of pyridine rings is 2. The third-order valence-corrected chi connectivity index (χ3v) is 3.51. The van der Waals surface area contributed by atoms with Crippen molar-refractivity contribution in [3.63, 3.8) is 0 Å². The maximum absolute atomic E-state index is 14.1. The summed E-state index contributed by atoms with van der Waals surface area (Å²) in [5, 5.41) is 0.487. The van der Waals surface area contributed by atoms with Gasteiger partial charge in [0.1, 0.15) is 0 Å². The minimum atomic E-state index is -0.448. The largest absolute Gasteiger partial charge is 0.397 e. The van der Waals surface area contributed by atoms with E-state index in [9.17, 15) is 9.18 Å². The number of nitrogens with two attached hydrogens (primary N) is 1. The third-order valence-electron chi connectivity index (χ3n) is 3.51. The van der Waals surface area contributed by atoms with Crippen molar-refractivity contribution < 1.29 is 9.18 Å². The molecule has 0 unspecified atom stereocenters. The summed E-state index contributed by atoms with van der Waals surface area (Å²) in [5.74, 6) is -0.701. The smallest absolute Gasteiger partial charge is 0.196 e. The highest BCUT2D eigenvalue weighted by Crippen LogP contribution is 2.28. The van der Waals surface area contributed by atoms with Gasteiger partial charge in [-0.2, -0.15) is 0 Å². The lowest BCUT2D eigenvalue weighted by molar-refractivity contribution is 0.103. The quantitative estimate of drug-likeness (QED) is 0.754. The number of halogens is 1. The van der Waals surface area contributed by atoms with Crippen molar-refractivity contribution in [2.45, 2.75) is 19.9 Å². The molecule has 5 nitrogen and oxygen atoms in total. The molecule has 0 fully saturated rings. The number of carbonyl (C=O) groups is 1. The van der Waals surface area contributed by atoms with E-state index in [4.69, 9.17) is 5.73 Å². The summed E-state index contributed by atoms with van der Waals surface area (Å²) in [6.07, 6.45) is 7.23. The molecule has 0 bridgehead atoms. The molecular formula is C16H15FN4O. The Labute approximate surface area is 126 Å². The van der Waals surface area contributed by atoms with Gasteiger partial charge in [-0.15, -0.1) is 0 Å². The Morgan fingerprint density at radius 2 is 1.95 bits per heavy atom. The fourth-order valence-electron chi connectivity index (χ4n) is 2.49. The Hall–Kier alpha value is -2.76. The van der Waals surface area contributed by atoms with Gasteiger partial charge in [-0.25, -0.2) is 4.39 Å². The fraction of sp³-hybridized carbons (Fsp3) is 0.188. The molecule has 112 valence electrons. The fourth-order valence-corrected chi connectivity index (χ4v) is 2.49. The second kappa shape index (κ2) is 5.22. The second-order valence-corrected chi connectivity index (χ2v) is 5.40. The Kier molecular flexibility index (Phi) is 3.36. The lowest BCUT2D eigenvalue weighted by Crippen LogP contribution is -2.03. The SMILES string of the molecule is CC(C)n1cc(C(=O)c2cncc(N)c2)c2cncc(F)c21. The van der Waals surface area contributed by atoms with Gasteiger partial charge in [0, 0.05) is 47.3 Å². The van der Waals surface area contributed by atoms with Gasteiger partial charge < -0.3 is 10.3 Å². The molecule has 0 atom stereocenters. The van der Waals surface area contributed by atoms with Crippen molar-refractivity contribution >= 4 is 22.4 Å². The van der Waals surface area contributed by atoms with Crippen LogP contribution in [0.2, 0.25) is 0 Å². The lowest BCUT2D eigenvalue weighted by Gasteiger charge is -2.08. The molecule has 2 N–H and O–H groups in total. The zero-order valence-corrected chi connectivity index (χ0v) is 12.2. The molecule has 6 heteroatoms. The van der Waals surface area contributed by atoms with Crippen LogP contribution in [0.4, 0.5) is 10.1 Å². The van der Waals surface area contributed by atoms with Gasteiger partial charge in [0.05, 0.1) is 17.4 Å². The first kappa shape index (κ1) is 14.2. The van der Waals surface area contributed by atoms with E-state index in [-0.39, 0.29) is 11.8 Å². The van der Waals surface area contributed by atoms with E-state index in [0.717, 1.165) is 6.20 Å². The van der Waals surface area contributed by atoms with E-state index in [0.29, 0.717) is 27.7 Å². The lowest BCUT2D eigenvalue weighted by atomic mass is 10.1. The number of rotatable bonds is 3. The number of carbonyl (C=O) groups excluding carboxylic acids is 1. The highest BCUT2D eigenvalue weighted by Gasteiger charge is 2.20. The van der Waals surface area contributed by atoms with Crippen molar-refractivity contribution in [2.24, 2.45) is 0 Å². The molecule has 0 saturated carbocycles. The van der Waals surface area contributed by atoms with Crippen LogP contribution in [0, 0.1) is 5.82 Å².